The fourth-order valence-corrected chi connectivity index (χ4v) is 3.41. The van der Waals surface area contributed by atoms with Crippen LogP contribution in [-0.2, 0) is 0 Å². The van der Waals surface area contributed by atoms with E-state index in [9.17, 15) is 4.79 Å². The molecule has 5 nitrogen and oxygen atoms in total. The quantitative estimate of drug-likeness (QED) is 0.468. The predicted octanol–water partition coefficient (Wildman–Crippen LogP) is 6.26. The molecular formula is C23H24Cl2N4O. The summed E-state index contributed by atoms with van der Waals surface area (Å²) in [6.45, 7) is 6.59. The summed E-state index contributed by atoms with van der Waals surface area (Å²) in [6.07, 6.45) is 1.64. The maximum atomic E-state index is 13.3. The molecule has 0 unspecified atom stereocenters. The Morgan fingerprint density at radius 1 is 1.07 bits per heavy atom. The number of aromatic nitrogens is 2. The van der Waals surface area contributed by atoms with Crippen LogP contribution in [0.2, 0.25) is 10.0 Å². The number of nitrogens with zero attached hydrogens (tertiary/aromatic N) is 3. The van der Waals surface area contributed by atoms with Crippen molar-refractivity contribution in [3.8, 4) is 0 Å². The van der Waals surface area contributed by atoms with E-state index in [1.54, 1.807) is 35.4 Å². The van der Waals surface area contributed by atoms with Crippen LogP contribution < -0.4 is 10.2 Å². The maximum Gasteiger partial charge on any atom is 0.261 e. The lowest BCUT2D eigenvalue weighted by Gasteiger charge is -2.25. The monoisotopic (exact) mass is 442 g/mol. The number of hydrogen-bond donors (Lipinski definition) is 1. The van der Waals surface area contributed by atoms with E-state index in [1.807, 2.05) is 51.1 Å². The van der Waals surface area contributed by atoms with E-state index in [0.717, 1.165) is 5.56 Å². The van der Waals surface area contributed by atoms with Gasteiger partial charge in [0.15, 0.2) is 0 Å². The molecule has 156 valence electrons. The van der Waals surface area contributed by atoms with Crippen LogP contribution in [0, 0.1) is 5.92 Å². The molecule has 2 aromatic carbocycles. The fraction of sp³-hybridized carbons (Fsp3) is 0.261. The molecule has 0 aliphatic rings. The molecule has 0 bridgehead atoms. The van der Waals surface area contributed by atoms with Gasteiger partial charge in [-0.15, -0.1) is 0 Å². The van der Waals surface area contributed by atoms with E-state index < -0.39 is 0 Å². The summed E-state index contributed by atoms with van der Waals surface area (Å²) in [4.78, 5) is 23.8. The minimum Gasteiger partial charge on any atom is -0.348 e. The van der Waals surface area contributed by atoms with E-state index in [1.165, 1.54) is 0 Å². The van der Waals surface area contributed by atoms with Gasteiger partial charge in [-0.25, -0.2) is 4.98 Å². The molecule has 3 aromatic rings. The van der Waals surface area contributed by atoms with Crippen LogP contribution >= 0.6 is 23.2 Å². The minimum absolute atomic E-state index is 0.0121. The van der Waals surface area contributed by atoms with Gasteiger partial charge < -0.3 is 5.32 Å². The highest BCUT2D eigenvalue weighted by atomic mass is 35.5. The highest BCUT2D eigenvalue weighted by molar-refractivity contribution is 6.36. The number of carbonyl (C=O) groups excluding carboxylic acids is 1. The Bertz CT molecular complexity index is 1010. The van der Waals surface area contributed by atoms with E-state index >= 15 is 0 Å². The first-order valence-corrected chi connectivity index (χ1v) is 10.5. The molecular weight excluding hydrogens is 419 g/mol. The van der Waals surface area contributed by atoms with E-state index in [4.69, 9.17) is 23.2 Å². The Morgan fingerprint density at radius 2 is 1.80 bits per heavy atom. The minimum atomic E-state index is -0.253. The Kier molecular flexibility index (Phi) is 7.29. The van der Waals surface area contributed by atoms with Gasteiger partial charge in [0, 0.05) is 17.8 Å². The molecule has 0 aliphatic heterocycles. The molecule has 0 spiro atoms. The molecule has 3 rings (SSSR count). The summed E-state index contributed by atoms with van der Waals surface area (Å²) in [6, 6.07) is 16.6. The number of hydrogen-bond acceptors (Lipinski definition) is 4. The lowest BCUT2D eigenvalue weighted by atomic mass is 10.1. The van der Waals surface area contributed by atoms with Gasteiger partial charge in [-0.1, -0.05) is 67.4 Å². The Labute approximate surface area is 187 Å². The van der Waals surface area contributed by atoms with Gasteiger partial charge in [-0.05, 0) is 42.7 Å². The number of carbonyl (C=O) groups is 1. The van der Waals surface area contributed by atoms with Crippen LogP contribution in [0.3, 0.4) is 0 Å². The van der Waals surface area contributed by atoms with Crippen LogP contribution in [0.5, 0.6) is 0 Å². The number of amides is 1. The number of rotatable bonds is 7. The molecule has 0 saturated carbocycles. The average molecular weight is 443 g/mol. The van der Waals surface area contributed by atoms with Crippen molar-refractivity contribution in [2.24, 2.45) is 5.92 Å². The molecule has 30 heavy (non-hydrogen) atoms. The summed E-state index contributed by atoms with van der Waals surface area (Å²) in [7, 11) is 0. The summed E-state index contributed by atoms with van der Waals surface area (Å²) in [5.41, 5.74) is 1.46. The molecule has 0 radical (unpaired) electrons. The van der Waals surface area contributed by atoms with Gasteiger partial charge in [0.25, 0.3) is 5.91 Å². The molecule has 1 atom stereocenters. The molecule has 1 heterocycles. The zero-order valence-electron chi connectivity index (χ0n) is 17.1. The number of anilines is 2. The van der Waals surface area contributed by atoms with E-state index in [0.29, 0.717) is 33.9 Å². The van der Waals surface area contributed by atoms with Gasteiger partial charge in [-0.3, -0.25) is 9.69 Å². The zero-order chi connectivity index (χ0) is 21.7. The summed E-state index contributed by atoms with van der Waals surface area (Å²) < 4.78 is 0. The second kappa shape index (κ2) is 9.92. The number of benzene rings is 2. The van der Waals surface area contributed by atoms with Crippen molar-refractivity contribution in [2.45, 2.75) is 26.8 Å². The molecule has 7 heteroatoms. The third kappa shape index (κ3) is 5.49. The van der Waals surface area contributed by atoms with E-state index in [-0.39, 0.29) is 17.9 Å². The lowest BCUT2D eigenvalue weighted by Crippen LogP contribution is -2.35. The second-order valence-corrected chi connectivity index (χ2v) is 8.29. The highest BCUT2D eigenvalue weighted by Gasteiger charge is 2.23. The predicted molar refractivity (Wildman–Crippen MR) is 123 cm³/mol. The van der Waals surface area contributed by atoms with Gasteiger partial charge in [0.2, 0.25) is 5.95 Å². The maximum absolute atomic E-state index is 13.3. The molecule has 1 N–H and O–H groups in total. The summed E-state index contributed by atoms with van der Waals surface area (Å²) in [5.74, 6) is 0.920. The van der Waals surface area contributed by atoms with Crippen molar-refractivity contribution in [1.82, 2.24) is 9.97 Å². The molecule has 0 saturated heterocycles. The van der Waals surface area contributed by atoms with Crippen molar-refractivity contribution < 1.29 is 4.79 Å². The standard InChI is InChI=1S/C23H24Cl2N4O/c1-15(2)14-29(22(30)19-13-18(24)9-10-20(19)25)21-11-12-26-23(28-21)27-16(3)17-7-5-4-6-8-17/h4-13,15-16H,14H2,1-3H3,(H,26,27,28)/t16-/m0/s1. The van der Waals surface area contributed by atoms with Crippen molar-refractivity contribution in [3.63, 3.8) is 0 Å². The van der Waals surface area contributed by atoms with Crippen LogP contribution in [0.15, 0.2) is 60.8 Å². The Hall–Kier alpha value is -2.63. The third-order valence-electron chi connectivity index (χ3n) is 4.51. The lowest BCUT2D eigenvalue weighted by molar-refractivity contribution is 0.0983. The van der Waals surface area contributed by atoms with Gasteiger partial charge in [0.1, 0.15) is 5.82 Å². The Balaban J connectivity index is 1.90. The van der Waals surface area contributed by atoms with E-state index in [2.05, 4.69) is 15.3 Å². The molecule has 0 fully saturated rings. The summed E-state index contributed by atoms with van der Waals surface area (Å²) >= 11 is 12.4. The van der Waals surface area contributed by atoms with Crippen LogP contribution in [-0.4, -0.2) is 22.4 Å². The molecule has 1 amide bonds. The van der Waals surface area contributed by atoms with Gasteiger partial charge >= 0.3 is 0 Å². The second-order valence-electron chi connectivity index (χ2n) is 7.45. The van der Waals surface area contributed by atoms with Crippen molar-refractivity contribution in [2.75, 3.05) is 16.8 Å². The molecule has 1 aromatic heterocycles. The van der Waals surface area contributed by atoms with Crippen molar-refractivity contribution in [3.05, 3.63) is 82.0 Å². The number of nitrogens with one attached hydrogen (secondary N) is 1. The largest absolute Gasteiger partial charge is 0.348 e. The first-order valence-electron chi connectivity index (χ1n) is 9.76. The SMILES string of the molecule is CC(C)CN(C(=O)c1cc(Cl)ccc1Cl)c1ccnc(N[C@@H](C)c2ccccc2)n1. The first kappa shape index (κ1) is 22.1. The Morgan fingerprint density at radius 3 is 2.50 bits per heavy atom. The number of halogens is 2. The van der Waals surface area contributed by atoms with Crippen LogP contribution in [0.4, 0.5) is 11.8 Å². The van der Waals surface area contributed by atoms with Gasteiger partial charge in [0.05, 0.1) is 16.6 Å². The smallest absolute Gasteiger partial charge is 0.261 e. The fourth-order valence-electron chi connectivity index (χ4n) is 3.04. The van der Waals surface area contributed by atoms with Crippen molar-refractivity contribution in [1.29, 1.82) is 0 Å². The molecule has 0 aliphatic carbocycles. The average Bonchev–Trinajstić information content (AvgIpc) is 2.74. The van der Waals surface area contributed by atoms with Crippen LogP contribution in [0.1, 0.15) is 42.7 Å². The normalized spacial score (nSPS) is 11.9. The third-order valence-corrected chi connectivity index (χ3v) is 5.08. The van der Waals surface area contributed by atoms with Gasteiger partial charge in [-0.2, -0.15) is 4.98 Å². The van der Waals surface area contributed by atoms with Crippen molar-refractivity contribution >= 4 is 40.9 Å². The highest BCUT2D eigenvalue weighted by Crippen LogP contribution is 2.25. The topological polar surface area (TPSA) is 58.1 Å². The van der Waals surface area contributed by atoms with Crippen LogP contribution in [0.25, 0.3) is 0 Å². The zero-order valence-corrected chi connectivity index (χ0v) is 18.7. The summed E-state index contributed by atoms with van der Waals surface area (Å²) in [5, 5.41) is 4.10. The first-order chi connectivity index (χ1) is 14.3.